The molecule has 3 atom stereocenters. The molecule has 138 valence electrons. The molecule has 2 saturated heterocycles. The number of hydrogen-bond donors (Lipinski definition) is 3. The van der Waals surface area contributed by atoms with Crippen molar-refractivity contribution in [3.8, 4) is 0 Å². The van der Waals surface area contributed by atoms with Crippen LogP contribution in [0.4, 0.5) is 0 Å². The van der Waals surface area contributed by atoms with Gasteiger partial charge in [0.15, 0.2) is 0 Å². The number of halogens is 1. The molecule has 2 heterocycles. The van der Waals surface area contributed by atoms with Gasteiger partial charge in [0.05, 0.1) is 12.5 Å². The Labute approximate surface area is 154 Å². The maximum Gasteiger partial charge on any atom is 0.242 e. The minimum Gasteiger partial charge on any atom is -0.391 e. The summed E-state index contributed by atoms with van der Waals surface area (Å²) in [5.74, 6) is -0.0572. The Bertz CT molecular complexity index is 584. The number of nitrogens with one attached hydrogen (secondary N) is 2. The summed E-state index contributed by atoms with van der Waals surface area (Å²) in [7, 11) is 0. The second-order valence-electron chi connectivity index (χ2n) is 6.64. The Morgan fingerprint density at radius 3 is 2.68 bits per heavy atom. The predicted molar refractivity (Wildman–Crippen MR) is 97.5 cm³/mol. The van der Waals surface area contributed by atoms with E-state index in [-0.39, 0.29) is 36.2 Å². The van der Waals surface area contributed by atoms with Crippen molar-refractivity contribution in [1.29, 1.82) is 0 Å². The van der Waals surface area contributed by atoms with Crippen molar-refractivity contribution in [1.82, 2.24) is 15.5 Å². The van der Waals surface area contributed by atoms with E-state index in [9.17, 15) is 14.7 Å². The van der Waals surface area contributed by atoms with Crippen LogP contribution in [0.1, 0.15) is 18.4 Å². The molecule has 0 radical (unpaired) electrons. The summed E-state index contributed by atoms with van der Waals surface area (Å²) in [6.45, 7) is 2.37. The maximum absolute atomic E-state index is 12.5. The Hall–Kier alpha value is -1.63. The number of carbonyl (C=O) groups excluding carboxylic acids is 2. The fourth-order valence-corrected chi connectivity index (χ4v) is 3.49. The lowest BCUT2D eigenvalue weighted by molar-refractivity contribution is -0.138. The summed E-state index contributed by atoms with van der Waals surface area (Å²) in [6.07, 6.45) is 1.48. The molecule has 2 fully saturated rings. The molecule has 25 heavy (non-hydrogen) atoms. The van der Waals surface area contributed by atoms with Gasteiger partial charge < -0.3 is 20.6 Å². The average Bonchev–Trinajstić information content (AvgIpc) is 3.22. The second kappa shape index (κ2) is 9.17. The molecule has 3 N–H and O–H groups in total. The Kier molecular flexibility index (Phi) is 7.23. The van der Waals surface area contributed by atoms with Gasteiger partial charge in [-0.2, -0.15) is 0 Å². The zero-order chi connectivity index (χ0) is 16.9. The van der Waals surface area contributed by atoms with Gasteiger partial charge in [-0.15, -0.1) is 12.4 Å². The molecular weight excluding hydrogens is 342 g/mol. The summed E-state index contributed by atoms with van der Waals surface area (Å²) >= 11 is 0. The van der Waals surface area contributed by atoms with Gasteiger partial charge in [0, 0.05) is 32.1 Å². The molecule has 0 saturated carbocycles. The van der Waals surface area contributed by atoms with Crippen molar-refractivity contribution in [3.05, 3.63) is 35.9 Å². The van der Waals surface area contributed by atoms with Gasteiger partial charge in [-0.25, -0.2) is 0 Å². The highest BCUT2D eigenvalue weighted by Crippen LogP contribution is 2.19. The molecule has 2 amide bonds. The van der Waals surface area contributed by atoms with E-state index in [2.05, 4.69) is 10.6 Å². The number of amides is 2. The van der Waals surface area contributed by atoms with Crippen LogP contribution in [0, 0.1) is 5.92 Å². The van der Waals surface area contributed by atoms with Gasteiger partial charge in [0.25, 0.3) is 0 Å². The molecule has 7 heteroatoms. The largest absolute Gasteiger partial charge is 0.391 e. The fourth-order valence-electron chi connectivity index (χ4n) is 3.49. The van der Waals surface area contributed by atoms with Crippen LogP contribution in [0.25, 0.3) is 0 Å². The van der Waals surface area contributed by atoms with Crippen molar-refractivity contribution in [2.24, 2.45) is 5.92 Å². The summed E-state index contributed by atoms with van der Waals surface area (Å²) < 4.78 is 0. The van der Waals surface area contributed by atoms with Gasteiger partial charge in [0.2, 0.25) is 11.8 Å². The molecule has 0 aliphatic carbocycles. The number of nitrogens with zero attached hydrogens (tertiary/aromatic N) is 1. The number of aliphatic hydroxyl groups excluding tert-OH is 1. The standard InChI is InChI=1S/C18H25N3O3.ClH/c22-16-12-19-10-14(16)11-20-18(24)15-7-4-8-21(15)17(23)9-13-5-2-1-3-6-13;/h1-3,5-6,14-16,19,22H,4,7-12H2,(H,20,24);1H. The number of likely N-dealkylation sites (tertiary alicyclic amines) is 1. The molecule has 2 aliphatic rings. The first-order valence-corrected chi connectivity index (χ1v) is 8.65. The minimum atomic E-state index is -0.412. The topological polar surface area (TPSA) is 81.7 Å². The number of β-amino-alcohol motifs (C(OH)–C–C–N with tert-alkyl or cyclic N) is 1. The third-order valence-electron chi connectivity index (χ3n) is 4.92. The summed E-state index contributed by atoms with van der Waals surface area (Å²) in [5.41, 5.74) is 0.966. The molecule has 0 aromatic heterocycles. The number of hydrogen-bond acceptors (Lipinski definition) is 4. The third-order valence-corrected chi connectivity index (χ3v) is 4.92. The van der Waals surface area contributed by atoms with Gasteiger partial charge in [0.1, 0.15) is 6.04 Å². The molecule has 2 aliphatic heterocycles. The highest BCUT2D eigenvalue weighted by atomic mass is 35.5. The van der Waals surface area contributed by atoms with Crippen molar-refractivity contribution >= 4 is 24.2 Å². The van der Waals surface area contributed by atoms with E-state index in [4.69, 9.17) is 0 Å². The SMILES string of the molecule is Cl.O=C(NCC1CNCC1O)C1CCCN1C(=O)Cc1ccccc1. The Balaban J connectivity index is 0.00000225. The first-order valence-electron chi connectivity index (χ1n) is 8.65. The van der Waals surface area contributed by atoms with E-state index in [0.29, 0.717) is 39.0 Å². The highest BCUT2D eigenvalue weighted by molar-refractivity contribution is 5.89. The number of carbonyl (C=O) groups is 2. The van der Waals surface area contributed by atoms with E-state index >= 15 is 0 Å². The van der Waals surface area contributed by atoms with Gasteiger partial charge in [-0.3, -0.25) is 9.59 Å². The maximum atomic E-state index is 12.5. The second-order valence-corrected chi connectivity index (χ2v) is 6.64. The zero-order valence-electron chi connectivity index (χ0n) is 14.2. The van der Waals surface area contributed by atoms with Crippen LogP contribution in [0.2, 0.25) is 0 Å². The molecule has 6 nitrogen and oxygen atoms in total. The van der Waals surface area contributed by atoms with E-state index in [1.54, 1.807) is 4.90 Å². The minimum absolute atomic E-state index is 0. The van der Waals surface area contributed by atoms with Crippen molar-refractivity contribution in [2.75, 3.05) is 26.2 Å². The van der Waals surface area contributed by atoms with Crippen LogP contribution >= 0.6 is 12.4 Å². The molecule has 1 aromatic rings. The Morgan fingerprint density at radius 2 is 2.00 bits per heavy atom. The van der Waals surface area contributed by atoms with E-state index in [1.807, 2.05) is 30.3 Å². The number of benzene rings is 1. The lowest BCUT2D eigenvalue weighted by atomic mass is 10.1. The number of aliphatic hydroxyl groups is 1. The number of rotatable bonds is 5. The van der Waals surface area contributed by atoms with E-state index in [0.717, 1.165) is 12.0 Å². The average molecular weight is 368 g/mol. The van der Waals surface area contributed by atoms with Gasteiger partial charge >= 0.3 is 0 Å². The van der Waals surface area contributed by atoms with Gasteiger partial charge in [-0.1, -0.05) is 30.3 Å². The van der Waals surface area contributed by atoms with Crippen LogP contribution in [0.5, 0.6) is 0 Å². The van der Waals surface area contributed by atoms with Crippen molar-refractivity contribution in [3.63, 3.8) is 0 Å². The zero-order valence-corrected chi connectivity index (χ0v) is 15.0. The predicted octanol–water partition coefficient (Wildman–Crippen LogP) is 0.338. The molecule has 0 bridgehead atoms. The van der Waals surface area contributed by atoms with Crippen molar-refractivity contribution < 1.29 is 14.7 Å². The molecular formula is C18H26ClN3O3. The quantitative estimate of drug-likeness (QED) is 0.701. The fraction of sp³-hybridized carbons (Fsp3) is 0.556. The Morgan fingerprint density at radius 1 is 1.24 bits per heavy atom. The third kappa shape index (κ3) is 4.93. The van der Waals surface area contributed by atoms with E-state index in [1.165, 1.54) is 0 Å². The molecule has 3 unspecified atom stereocenters. The highest BCUT2D eigenvalue weighted by Gasteiger charge is 2.34. The molecule has 0 spiro atoms. The normalized spacial score (nSPS) is 25.5. The van der Waals surface area contributed by atoms with Crippen LogP contribution in [-0.4, -0.2) is 60.1 Å². The van der Waals surface area contributed by atoms with E-state index < -0.39 is 6.10 Å². The first kappa shape index (κ1) is 19.7. The molecule has 1 aromatic carbocycles. The summed E-state index contributed by atoms with van der Waals surface area (Å²) in [4.78, 5) is 26.7. The van der Waals surface area contributed by atoms with Crippen LogP contribution < -0.4 is 10.6 Å². The smallest absolute Gasteiger partial charge is 0.242 e. The van der Waals surface area contributed by atoms with Crippen LogP contribution in [0.15, 0.2) is 30.3 Å². The van der Waals surface area contributed by atoms with Crippen molar-refractivity contribution in [2.45, 2.75) is 31.4 Å². The summed E-state index contributed by atoms with van der Waals surface area (Å²) in [5, 5.41) is 15.8. The first-order chi connectivity index (χ1) is 11.6. The summed E-state index contributed by atoms with van der Waals surface area (Å²) in [6, 6.07) is 9.23. The lowest BCUT2D eigenvalue weighted by Gasteiger charge is -2.25. The molecule has 3 rings (SSSR count). The monoisotopic (exact) mass is 367 g/mol. The van der Waals surface area contributed by atoms with Crippen LogP contribution in [-0.2, 0) is 16.0 Å². The lowest BCUT2D eigenvalue weighted by Crippen LogP contribution is -2.48. The van der Waals surface area contributed by atoms with Crippen LogP contribution in [0.3, 0.4) is 0 Å². The van der Waals surface area contributed by atoms with Gasteiger partial charge in [-0.05, 0) is 18.4 Å².